The molecular formula is C18H19Cl2N3O2S. The zero-order chi connectivity index (χ0) is 18.7. The van der Waals surface area contributed by atoms with Crippen LogP contribution in [0.2, 0.25) is 10.0 Å². The molecule has 2 aromatic rings. The van der Waals surface area contributed by atoms with Crippen molar-refractivity contribution in [3.05, 3.63) is 44.9 Å². The molecule has 1 fully saturated rings. The summed E-state index contributed by atoms with van der Waals surface area (Å²) in [5, 5.41) is 4.71. The molecular weight excluding hydrogens is 393 g/mol. The minimum Gasteiger partial charge on any atom is -0.343 e. The second-order valence-corrected chi connectivity index (χ2v) is 8.27. The number of benzene rings is 1. The molecule has 1 aromatic carbocycles. The zero-order valence-electron chi connectivity index (χ0n) is 14.3. The number of thiazole rings is 1. The number of rotatable bonds is 4. The Morgan fingerprint density at radius 3 is 2.69 bits per heavy atom. The molecule has 1 N–H and O–H groups in total. The highest BCUT2D eigenvalue weighted by Gasteiger charge is 2.26. The molecule has 8 heteroatoms. The molecule has 3 rings (SSSR count). The molecule has 1 aliphatic rings. The Labute approximate surface area is 166 Å². The number of carbonyl (C=O) groups is 2. The fourth-order valence-electron chi connectivity index (χ4n) is 2.96. The van der Waals surface area contributed by atoms with Crippen molar-refractivity contribution in [2.24, 2.45) is 5.92 Å². The smallest absolute Gasteiger partial charge is 0.229 e. The molecule has 0 radical (unpaired) electrons. The number of hydrogen-bond donors (Lipinski definition) is 1. The summed E-state index contributed by atoms with van der Waals surface area (Å²) in [6.07, 6.45) is 3.76. The molecule has 0 unspecified atom stereocenters. The average Bonchev–Trinajstić information content (AvgIpc) is 3.04. The van der Waals surface area contributed by atoms with E-state index in [1.165, 1.54) is 11.3 Å². The van der Waals surface area contributed by atoms with Gasteiger partial charge in [0.2, 0.25) is 11.8 Å². The maximum absolute atomic E-state index is 12.4. The highest BCUT2D eigenvalue weighted by molar-refractivity contribution is 7.15. The maximum Gasteiger partial charge on any atom is 0.229 e. The van der Waals surface area contributed by atoms with Gasteiger partial charge in [-0.1, -0.05) is 29.3 Å². The van der Waals surface area contributed by atoms with E-state index in [1.807, 2.05) is 6.07 Å². The van der Waals surface area contributed by atoms with E-state index in [-0.39, 0.29) is 17.7 Å². The predicted octanol–water partition coefficient (Wildman–Crippen LogP) is 4.24. The fourth-order valence-corrected chi connectivity index (χ4v) is 4.28. The van der Waals surface area contributed by atoms with E-state index in [2.05, 4.69) is 10.3 Å². The van der Waals surface area contributed by atoms with E-state index in [0.717, 1.165) is 10.4 Å². The van der Waals surface area contributed by atoms with Crippen molar-refractivity contribution in [3.8, 4) is 0 Å². The lowest BCUT2D eigenvalue weighted by Crippen LogP contribution is -2.40. The average molecular weight is 412 g/mol. The summed E-state index contributed by atoms with van der Waals surface area (Å²) < 4.78 is 0. The Bertz CT molecular complexity index is 817. The van der Waals surface area contributed by atoms with E-state index in [9.17, 15) is 9.59 Å². The van der Waals surface area contributed by atoms with Crippen molar-refractivity contribution in [3.63, 3.8) is 0 Å². The minimum absolute atomic E-state index is 0.0290. The molecule has 0 atom stereocenters. The second-order valence-electron chi connectivity index (χ2n) is 6.31. The Balaban J connectivity index is 1.56. The van der Waals surface area contributed by atoms with Crippen LogP contribution >= 0.6 is 34.5 Å². The van der Waals surface area contributed by atoms with Crippen LogP contribution in [0.15, 0.2) is 24.4 Å². The highest BCUT2D eigenvalue weighted by atomic mass is 35.5. The molecule has 1 aromatic heterocycles. The molecule has 2 heterocycles. The normalized spacial score (nSPS) is 15.1. The number of aromatic nitrogens is 1. The largest absolute Gasteiger partial charge is 0.343 e. The number of hydrogen-bond acceptors (Lipinski definition) is 4. The number of likely N-dealkylation sites (tertiary alicyclic amines) is 1. The number of nitrogens with zero attached hydrogens (tertiary/aromatic N) is 2. The number of piperidine rings is 1. The molecule has 26 heavy (non-hydrogen) atoms. The van der Waals surface area contributed by atoms with Crippen molar-refractivity contribution in [2.45, 2.75) is 26.2 Å². The maximum atomic E-state index is 12.4. The molecule has 0 aliphatic carbocycles. The lowest BCUT2D eigenvalue weighted by atomic mass is 9.96. The van der Waals surface area contributed by atoms with Gasteiger partial charge < -0.3 is 10.2 Å². The van der Waals surface area contributed by atoms with E-state index in [1.54, 1.807) is 30.2 Å². The Morgan fingerprint density at radius 2 is 2.04 bits per heavy atom. The third kappa shape index (κ3) is 4.75. The van der Waals surface area contributed by atoms with E-state index in [4.69, 9.17) is 23.2 Å². The van der Waals surface area contributed by atoms with Crippen molar-refractivity contribution >= 4 is 51.5 Å². The predicted molar refractivity (Wildman–Crippen MR) is 105 cm³/mol. The summed E-state index contributed by atoms with van der Waals surface area (Å²) in [6.45, 7) is 2.82. The van der Waals surface area contributed by atoms with E-state index in [0.29, 0.717) is 47.5 Å². The lowest BCUT2D eigenvalue weighted by Gasteiger charge is -2.30. The number of anilines is 1. The molecule has 5 nitrogen and oxygen atoms in total. The van der Waals surface area contributed by atoms with Gasteiger partial charge in [0.05, 0.1) is 0 Å². The van der Waals surface area contributed by atoms with Crippen LogP contribution in [0.3, 0.4) is 0 Å². The third-order valence-corrected chi connectivity index (χ3v) is 5.97. The fraction of sp³-hybridized carbons (Fsp3) is 0.389. The number of nitrogens with one attached hydrogen (secondary N) is 1. The van der Waals surface area contributed by atoms with Gasteiger partial charge in [0, 0.05) is 53.5 Å². The van der Waals surface area contributed by atoms with Gasteiger partial charge >= 0.3 is 0 Å². The van der Waals surface area contributed by atoms with Crippen LogP contribution in [0.5, 0.6) is 0 Å². The van der Waals surface area contributed by atoms with Gasteiger partial charge in [-0.25, -0.2) is 4.98 Å². The van der Waals surface area contributed by atoms with Gasteiger partial charge in [-0.05, 0) is 30.5 Å². The van der Waals surface area contributed by atoms with E-state index >= 15 is 0 Å². The monoisotopic (exact) mass is 411 g/mol. The van der Waals surface area contributed by atoms with Crippen LogP contribution in [0, 0.1) is 5.92 Å². The minimum atomic E-state index is -0.0799. The van der Waals surface area contributed by atoms with Crippen LogP contribution < -0.4 is 5.32 Å². The highest BCUT2D eigenvalue weighted by Crippen LogP contribution is 2.27. The summed E-state index contributed by atoms with van der Waals surface area (Å²) in [5.41, 5.74) is 0.967. The molecule has 0 spiro atoms. The summed E-state index contributed by atoms with van der Waals surface area (Å²) >= 11 is 13.6. The van der Waals surface area contributed by atoms with Gasteiger partial charge in [-0.15, -0.1) is 11.3 Å². The van der Waals surface area contributed by atoms with Crippen molar-refractivity contribution in [1.82, 2.24) is 9.88 Å². The van der Waals surface area contributed by atoms with Crippen LogP contribution in [0.1, 0.15) is 30.2 Å². The third-order valence-electron chi connectivity index (χ3n) is 4.47. The second kappa shape index (κ2) is 8.37. The summed E-state index contributed by atoms with van der Waals surface area (Å²) in [6, 6.07) is 5.42. The molecule has 1 aliphatic heterocycles. The summed E-state index contributed by atoms with van der Waals surface area (Å²) in [7, 11) is 0. The Hall–Kier alpha value is -1.63. The zero-order valence-corrected chi connectivity index (χ0v) is 16.6. The first kappa shape index (κ1) is 19.1. The molecule has 0 saturated carbocycles. The standard InChI is InChI=1S/C18H19Cl2N3O2S/c1-11(24)23-6-4-12(5-7-23)17(25)22-18-21-10-15(26-18)8-13-2-3-14(19)9-16(13)20/h2-3,9-10,12H,4-8H2,1H3,(H,21,22,25). The van der Waals surface area contributed by atoms with Gasteiger partial charge in [-0.2, -0.15) is 0 Å². The van der Waals surface area contributed by atoms with Gasteiger partial charge in [-0.3, -0.25) is 9.59 Å². The molecule has 0 bridgehead atoms. The first-order chi connectivity index (χ1) is 12.4. The first-order valence-electron chi connectivity index (χ1n) is 8.37. The van der Waals surface area contributed by atoms with Crippen molar-refractivity contribution in [1.29, 1.82) is 0 Å². The molecule has 2 amide bonds. The van der Waals surface area contributed by atoms with Gasteiger partial charge in [0.1, 0.15) is 0 Å². The Morgan fingerprint density at radius 1 is 1.31 bits per heavy atom. The Kier molecular flexibility index (Phi) is 6.16. The van der Waals surface area contributed by atoms with Crippen LogP contribution in [-0.2, 0) is 16.0 Å². The lowest BCUT2D eigenvalue weighted by molar-refractivity contribution is -0.132. The summed E-state index contributed by atoms with van der Waals surface area (Å²) in [5.74, 6) is -0.0448. The van der Waals surface area contributed by atoms with Crippen LogP contribution in [0.4, 0.5) is 5.13 Å². The van der Waals surface area contributed by atoms with Gasteiger partial charge in [0.25, 0.3) is 0 Å². The quantitative estimate of drug-likeness (QED) is 0.817. The molecule has 138 valence electrons. The topological polar surface area (TPSA) is 62.3 Å². The molecule has 1 saturated heterocycles. The van der Waals surface area contributed by atoms with E-state index < -0.39 is 0 Å². The first-order valence-corrected chi connectivity index (χ1v) is 9.94. The van der Waals surface area contributed by atoms with Crippen molar-refractivity contribution < 1.29 is 9.59 Å². The number of carbonyl (C=O) groups excluding carboxylic acids is 2. The number of halogens is 2. The SMILES string of the molecule is CC(=O)N1CCC(C(=O)Nc2ncc(Cc3ccc(Cl)cc3Cl)s2)CC1. The van der Waals surface area contributed by atoms with Crippen molar-refractivity contribution in [2.75, 3.05) is 18.4 Å². The van der Waals surface area contributed by atoms with Gasteiger partial charge in [0.15, 0.2) is 5.13 Å². The van der Waals surface area contributed by atoms with Crippen LogP contribution in [0.25, 0.3) is 0 Å². The van der Waals surface area contributed by atoms with Crippen LogP contribution in [-0.4, -0.2) is 34.8 Å². The number of amides is 2. The summed E-state index contributed by atoms with van der Waals surface area (Å²) in [4.78, 5) is 30.9.